The molecule has 0 aliphatic rings. The topological polar surface area (TPSA) is 53.2 Å². The average Bonchev–Trinajstić information content (AvgIpc) is 1.68. The Bertz CT molecular complexity index is 111. The minimum Gasteiger partial charge on any atom is -0.195 e. The first-order chi connectivity index (χ1) is 3.12. The van der Waals surface area contributed by atoms with E-state index < -0.39 is 5.54 Å². The Morgan fingerprint density at radius 1 is 1.71 bits per heavy atom. The van der Waals surface area contributed by atoms with E-state index in [4.69, 9.17) is 5.26 Å². The molecule has 0 atom stereocenters. The van der Waals surface area contributed by atoms with Gasteiger partial charge in [0.25, 0.3) is 0 Å². The second kappa shape index (κ2) is 1.69. The van der Waals surface area contributed by atoms with E-state index in [1.807, 2.05) is 0 Å². The van der Waals surface area contributed by atoms with Gasteiger partial charge in [0.2, 0.25) is 0 Å². The summed E-state index contributed by atoms with van der Waals surface area (Å²) < 4.78 is 0. The average molecular weight is 98.1 g/mol. The molecule has 0 fully saturated rings. The Morgan fingerprint density at radius 2 is 2.14 bits per heavy atom. The molecular formula is C4H6N2O. The van der Waals surface area contributed by atoms with Gasteiger partial charge < -0.3 is 0 Å². The Labute approximate surface area is 41.9 Å². The zero-order valence-corrected chi connectivity index (χ0v) is 4.30. The number of nitroso groups, excluding NO2 is 1. The second-order valence-corrected chi connectivity index (χ2v) is 1.76. The fraction of sp³-hybridized carbons (Fsp3) is 0.750. The van der Waals surface area contributed by atoms with E-state index in [0.717, 1.165) is 0 Å². The molecule has 0 radical (unpaired) electrons. The molecule has 0 heterocycles. The van der Waals surface area contributed by atoms with E-state index in [0.29, 0.717) is 0 Å². The van der Waals surface area contributed by atoms with Crippen LogP contribution in [0.1, 0.15) is 13.8 Å². The molecule has 7 heavy (non-hydrogen) atoms. The highest BCUT2D eigenvalue weighted by molar-refractivity contribution is 4.99. The number of hydrogen-bond acceptors (Lipinski definition) is 3. The Morgan fingerprint density at radius 3 is 2.14 bits per heavy atom. The lowest BCUT2D eigenvalue weighted by molar-refractivity contribution is 0.666. The van der Waals surface area contributed by atoms with Crippen LogP contribution in [-0.4, -0.2) is 5.54 Å². The Hall–Kier alpha value is -0.910. The highest BCUT2D eigenvalue weighted by Gasteiger charge is 2.14. The minimum absolute atomic E-state index is 1.04. The van der Waals surface area contributed by atoms with Crippen molar-refractivity contribution in [2.45, 2.75) is 19.4 Å². The second-order valence-electron chi connectivity index (χ2n) is 1.76. The van der Waals surface area contributed by atoms with Crippen molar-refractivity contribution in [1.29, 1.82) is 5.26 Å². The summed E-state index contributed by atoms with van der Waals surface area (Å²) in [5.74, 6) is 0. The van der Waals surface area contributed by atoms with Gasteiger partial charge in [0.05, 0.1) is 6.07 Å². The van der Waals surface area contributed by atoms with Gasteiger partial charge in [-0.2, -0.15) is 5.26 Å². The summed E-state index contributed by atoms with van der Waals surface area (Å²) in [6.45, 7) is 2.92. The van der Waals surface area contributed by atoms with Crippen LogP contribution in [0.2, 0.25) is 0 Å². The van der Waals surface area contributed by atoms with Crippen LogP contribution in [0.3, 0.4) is 0 Å². The van der Waals surface area contributed by atoms with Crippen molar-refractivity contribution in [3.63, 3.8) is 0 Å². The van der Waals surface area contributed by atoms with Gasteiger partial charge in [-0.05, 0) is 19.0 Å². The quantitative estimate of drug-likeness (QED) is 0.460. The van der Waals surface area contributed by atoms with Gasteiger partial charge >= 0.3 is 0 Å². The van der Waals surface area contributed by atoms with Crippen LogP contribution in [0.5, 0.6) is 0 Å². The maximum atomic E-state index is 9.59. The van der Waals surface area contributed by atoms with Gasteiger partial charge in [0, 0.05) is 0 Å². The number of nitrogens with zero attached hydrogens (tertiary/aromatic N) is 2. The van der Waals surface area contributed by atoms with E-state index in [9.17, 15) is 4.91 Å². The molecule has 0 saturated carbocycles. The molecule has 0 aliphatic carbocycles. The molecule has 0 aliphatic heterocycles. The first-order valence-electron chi connectivity index (χ1n) is 1.88. The van der Waals surface area contributed by atoms with Gasteiger partial charge in [-0.1, -0.05) is 0 Å². The number of nitriles is 1. The molecular weight excluding hydrogens is 92.1 g/mol. The van der Waals surface area contributed by atoms with Gasteiger partial charge in [0.1, 0.15) is 0 Å². The molecule has 0 rings (SSSR count). The van der Waals surface area contributed by atoms with Crippen LogP contribution in [0.15, 0.2) is 5.18 Å². The molecule has 0 N–H and O–H groups in total. The van der Waals surface area contributed by atoms with E-state index in [-0.39, 0.29) is 0 Å². The largest absolute Gasteiger partial charge is 0.195 e. The number of hydrogen-bond donors (Lipinski definition) is 0. The highest BCUT2D eigenvalue weighted by atomic mass is 16.3. The molecule has 0 aromatic rings. The Kier molecular flexibility index (Phi) is 1.47. The highest BCUT2D eigenvalue weighted by Crippen LogP contribution is 2.03. The van der Waals surface area contributed by atoms with Crippen LogP contribution in [0.4, 0.5) is 0 Å². The van der Waals surface area contributed by atoms with E-state index in [2.05, 4.69) is 5.18 Å². The summed E-state index contributed by atoms with van der Waals surface area (Å²) in [4.78, 5) is 9.59. The lowest BCUT2D eigenvalue weighted by Gasteiger charge is -1.97. The van der Waals surface area contributed by atoms with Gasteiger partial charge in [0.15, 0.2) is 5.54 Å². The monoisotopic (exact) mass is 98.0 g/mol. The predicted octanol–water partition coefficient (Wildman–Crippen LogP) is 1.05. The Balaban J connectivity index is 3.91. The molecule has 0 unspecified atom stereocenters. The van der Waals surface area contributed by atoms with Crippen molar-refractivity contribution in [2.24, 2.45) is 5.18 Å². The zero-order chi connectivity index (χ0) is 5.91. The first-order valence-corrected chi connectivity index (χ1v) is 1.88. The van der Waals surface area contributed by atoms with Gasteiger partial charge in [-0.25, -0.2) is 0 Å². The molecule has 0 amide bonds. The van der Waals surface area contributed by atoms with Crippen LogP contribution < -0.4 is 0 Å². The molecule has 0 aromatic carbocycles. The SMILES string of the molecule is CC(C)(C#N)N=O. The molecule has 0 spiro atoms. The summed E-state index contributed by atoms with van der Waals surface area (Å²) in [6, 6.07) is 1.71. The van der Waals surface area contributed by atoms with Crippen molar-refractivity contribution in [3.05, 3.63) is 4.91 Å². The summed E-state index contributed by atoms with van der Waals surface area (Å²) in [5, 5.41) is 10.6. The molecule has 3 nitrogen and oxygen atoms in total. The zero-order valence-electron chi connectivity index (χ0n) is 4.30. The summed E-state index contributed by atoms with van der Waals surface area (Å²) >= 11 is 0. The lowest BCUT2D eigenvalue weighted by Crippen LogP contribution is -2.10. The van der Waals surface area contributed by atoms with Crippen molar-refractivity contribution in [3.8, 4) is 6.07 Å². The van der Waals surface area contributed by atoms with E-state index in [1.165, 1.54) is 13.8 Å². The first kappa shape index (κ1) is 6.09. The maximum Gasteiger partial charge on any atom is 0.182 e. The summed E-state index contributed by atoms with van der Waals surface area (Å²) in [7, 11) is 0. The normalized spacial score (nSPS) is 9.86. The summed E-state index contributed by atoms with van der Waals surface area (Å²) in [6.07, 6.45) is 0. The van der Waals surface area contributed by atoms with Crippen LogP contribution in [0, 0.1) is 16.2 Å². The van der Waals surface area contributed by atoms with E-state index >= 15 is 0 Å². The van der Waals surface area contributed by atoms with Crippen LogP contribution in [0.25, 0.3) is 0 Å². The van der Waals surface area contributed by atoms with Gasteiger partial charge in [-0.15, -0.1) is 4.91 Å². The standard InChI is InChI=1S/C4H6N2O/c1-4(2,3-5)6-7/h1-2H3. The molecule has 0 saturated heterocycles. The fourth-order valence-electron chi connectivity index (χ4n) is 0.0204. The molecule has 3 heteroatoms. The van der Waals surface area contributed by atoms with Crippen molar-refractivity contribution in [1.82, 2.24) is 0 Å². The van der Waals surface area contributed by atoms with Crippen molar-refractivity contribution >= 4 is 0 Å². The van der Waals surface area contributed by atoms with Crippen LogP contribution >= 0.6 is 0 Å². The molecule has 0 bridgehead atoms. The van der Waals surface area contributed by atoms with Crippen molar-refractivity contribution in [2.75, 3.05) is 0 Å². The maximum absolute atomic E-state index is 9.59. The summed E-state index contributed by atoms with van der Waals surface area (Å²) in [5.41, 5.74) is -1.04. The lowest BCUT2D eigenvalue weighted by atomic mass is 10.1. The van der Waals surface area contributed by atoms with Crippen LogP contribution in [-0.2, 0) is 0 Å². The van der Waals surface area contributed by atoms with Gasteiger partial charge in [-0.3, -0.25) is 0 Å². The molecule has 0 aromatic heterocycles. The van der Waals surface area contributed by atoms with Crippen molar-refractivity contribution < 1.29 is 0 Å². The smallest absolute Gasteiger partial charge is 0.182 e. The number of rotatable bonds is 1. The fourth-order valence-corrected chi connectivity index (χ4v) is 0.0204. The third kappa shape index (κ3) is 1.88. The molecule has 38 valence electrons. The minimum atomic E-state index is -1.04. The predicted molar refractivity (Wildman–Crippen MR) is 25.5 cm³/mol. The third-order valence-corrected chi connectivity index (χ3v) is 0.502. The van der Waals surface area contributed by atoms with E-state index in [1.54, 1.807) is 6.07 Å². The third-order valence-electron chi connectivity index (χ3n) is 0.502.